The van der Waals surface area contributed by atoms with Gasteiger partial charge in [0.15, 0.2) is 0 Å². The molecule has 0 aromatic carbocycles. The second kappa shape index (κ2) is 7.43. The molecule has 0 saturated carbocycles. The second-order valence-electron chi connectivity index (χ2n) is 6.31. The molecule has 0 aliphatic carbocycles. The molecule has 4 rings (SSSR count). The molecular weight excluding hydrogens is 328 g/mol. The Hall–Kier alpha value is -3.09. The summed E-state index contributed by atoms with van der Waals surface area (Å²) in [6.45, 7) is 3.75. The number of aryl methyl sites for hydroxylation is 1. The molecule has 26 heavy (non-hydrogen) atoms. The number of ether oxygens (including phenoxy) is 1. The Balaban J connectivity index is 1.46. The molecule has 1 fully saturated rings. The summed E-state index contributed by atoms with van der Waals surface area (Å²) in [7, 11) is 0. The third kappa shape index (κ3) is 3.77. The van der Waals surface area contributed by atoms with E-state index in [2.05, 4.69) is 29.8 Å². The first-order valence-electron chi connectivity index (χ1n) is 8.73. The van der Waals surface area contributed by atoms with Crippen molar-refractivity contribution in [2.45, 2.75) is 25.7 Å². The molecule has 132 valence electrons. The van der Waals surface area contributed by atoms with Crippen LogP contribution in [0.1, 0.15) is 30.3 Å². The van der Waals surface area contributed by atoms with Crippen LogP contribution in [0.3, 0.4) is 0 Å². The molecule has 0 bridgehead atoms. The highest BCUT2D eigenvalue weighted by Gasteiger charge is 2.24. The van der Waals surface area contributed by atoms with Gasteiger partial charge in [0.1, 0.15) is 11.6 Å². The van der Waals surface area contributed by atoms with E-state index in [0.29, 0.717) is 17.5 Å². The first kappa shape index (κ1) is 16.4. The summed E-state index contributed by atoms with van der Waals surface area (Å²) in [5, 5.41) is 0. The fourth-order valence-electron chi connectivity index (χ4n) is 3.12. The maximum absolute atomic E-state index is 5.84. The van der Waals surface area contributed by atoms with Crippen molar-refractivity contribution in [1.82, 2.24) is 24.9 Å². The van der Waals surface area contributed by atoms with Gasteiger partial charge < -0.3 is 9.64 Å². The largest absolute Gasteiger partial charge is 0.437 e. The van der Waals surface area contributed by atoms with Gasteiger partial charge in [-0.15, -0.1) is 0 Å². The monoisotopic (exact) mass is 348 g/mol. The molecule has 3 aromatic rings. The lowest BCUT2D eigenvalue weighted by molar-refractivity contribution is 0.437. The molecule has 7 heteroatoms. The Labute approximate surface area is 152 Å². The summed E-state index contributed by atoms with van der Waals surface area (Å²) >= 11 is 0. The van der Waals surface area contributed by atoms with Crippen LogP contribution in [-0.4, -0.2) is 38.0 Å². The van der Waals surface area contributed by atoms with E-state index in [4.69, 9.17) is 4.74 Å². The van der Waals surface area contributed by atoms with Crippen molar-refractivity contribution >= 4 is 5.95 Å². The third-order valence-electron chi connectivity index (χ3n) is 4.40. The summed E-state index contributed by atoms with van der Waals surface area (Å²) < 4.78 is 5.84. The van der Waals surface area contributed by atoms with Gasteiger partial charge in [0.05, 0.1) is 6.20 Å². The number of hydrogen-bond acceptors (Lipinski definition) is 7. The number of piperidine rings is 1. The van der Waals surface area contributed by atoms with E-state index >= 15 is 0 Å². The standard InChI is InChI=1S/C19H20N6O/c1-14-12-17(26-16-4-2-7-20-13-16)24-18(23-14)15-5-10-25(11-6-15)19-21-8-3-9-22-19/h2-4,7-9,12-13,15H,5-6,10-11H2,1H3. The van der Waals surface area contributed by atoms with Crippen molar-refractivity contribution in [2.75, 3.05) is 18.0 Å². The van der Waals surface area contributed by atoms with E-state index in [9.17, 15) is 0 Å². The van der Waals surface area contributed by atoms with Crippen LogP contribution in [0.2, 0.25) is 0 Å². The van der Waals surface area contributed by atoms with E-state index < -0.39 is 0 Å². The minimum Gasteiger partial charge on any atom is -0.437 e. The minimum atomic E-state index is 0.311. The van der Waals surface area contributed by atoms with Gasteiger partial charge in [-0.05, 0) is 38.0 Å². The van der Waals surface area contributed by atoms with Gasteiger partial charge in [0.2, 0.25) is 11.8 Å². The Morgan fingerprint density at radius 1 is 1.04 bits per heavy atom. The predicted octanol–water partition coefficient (Wildman–Crippen LogP) is 3.15. The Kier molecular flexibility index (Phi) is 4.68. The van der Waals surface area contributed by atoms with E-state index in [1.165, 1.54) is 0 Å². The van der Waals surface area contributed by atoms with Crippen molar-refractivity contribution in [3.05, 3.63) is 60.6 Å². The number of pyridine rings is 1. The number of aromatic nitrogens is 5. The van der Waals surface area contributed by atoms with Crippen LogP contribution in [0, 0.1) is 6.92 Å². The van der Waals surface area contributed by atoms with Gasteiger partial charge in [-0.25, -0.2) is 15.0 Å². The molecule has 3 aromatic heterocycles. The molecule has 1 aliphatic rings. The fraction of sp³-hybridized carbons (Fsp3) is 0.316. The number of rotatable bonds is 4. The first-order chi connectivity index (χ1) is 12.8. The summed E-state index contributed by atoms with van der Waals surface area (Å²) in [4.78, 5) is 24.2. The van der Waals surface area contributed by atoms with Gasteiger partial charge in [-0.2, -0.15) is 4.98 Å². The van der Waals surface area contributed by atoms with Crippen molar-refractivity contribution in [1.29, 1.82) is 0 Å². The van der Waals surface area contributed by atoms with Crippen molar-refractivity contribution in [3.63, 3.8) is 0 Å². The molecule has 0 amide bonds. The third-order valence-corrected chi connectivity index (χ3v) is 4.40. The average Bonchev–Trinajstić information content (AvgIpc) is 2.69. The Morgan fingerprint density at radius 2 is 1.85 bits per heavy atom. The zero-order valence-electron chi connectivity index (χ0n) is 14.6. The van der Waals surface area contributed by atoms with Crippen LogP contribution in [0.5, 0.6) is 11.6 Å². The fourth-order valence-corrected chi connectivity index (χ4v) is 3.12. The molecular formula is C19H20N6O. The van der Waals surface area contributed by atoms with E-state index in [-0.39, 0.29) is 0 Å². The van der Waals surface area contributed by atoms with Crippen LogP contribution < -0.4 is 9.64 Å². The maximum atomic E-state index is 5.84. The first-order valence-corrected chi connectivity index (χ1v) is 8.73. The lowest BCUT2D eigenvalue weighted by Crippen LogP contribution is -2.34. The molecule has 0 radical (unpaired) electrons. The summed E-state index contributed by atoms with van der Waals surface area (Å²) in [5.74, 6) is 3.18. The quantitative estimate of drug-likeness (QED) is 0.717. The summed E-state index contributed by atoms with van der Waals surface area (Å²) in [5.41, 5.74) is 0.905. The molecule has 0 atom stereocenters. The highest BCUT2D eigenvalue weighted by atomic mass is 16.5. The lowest BCUT2D eigenvalue weighted by Gasteiger charge is -2.31. The molecule has 7 nitrogen and oxygen atoms in total. The summed E-state index contributed by atoms with van der Waals surface area (Å²) in [6.07, 6.45) is 8.88. The van der Waals surface area contributed by atoms with Crippen LogP contribution in [0.4, 0.5) is 5.95 Å². The van der Waals surface area contributed by atoms with Crippen LogP contribution in [0.15, 0.2) is 49.1 Å². The van der Waals surface area contributed by atoms with Crippen LogP contribution in [-0.2, 0) is 0 Å². The predicted molar refractivity (Wildman–Crippen MR) is 97.3 cm³/mol. The van der Waals surface area contributed by atoms with Crippen LogP contribution >= 0.6 is 0 Å². The van der Waals surface area contributed by atoms with Crippen molar-refractivity contribution < 1.29 is 4.74 Å². The molecule has 1 aliphatic heterocycles. The SMILES string of the molecule is Cc1cc(Oc2cccnc2)nc(C2CCN(c3ncccn3)CC2)n1. The Bertz CT molecular complexity index is 850. The molecule has 1 saturated heterocycles. The lowest BCUT2D eigenvalue weighted by atomic mass is 9.96. The second-order valence-corrected chi connectivity index (χ2v) is 6.31. The molecule has 0 N–H and O–H groups in total. The smallest absolute Gasteiger partial charge is 0.225 e. The van der Waals surface area contributed by atoms with Gasteiger partial charge in [0.25, 0.3) is 0 Å². The van der Waals surface area contributed by atoms with Gasteiger partial charge in [-0.3, -0.25) is 4.98 Å². The topological polar surface area (TPSA) is 76.9 Å². The molecule has 0 unspecified atom stereocenters. The zero-order valence-corrected chi connectivity index (χ0v) is 14.6. The highest BCUT2D eigenvalue weighted by molar-refractivity contribution is 5.30. The maximum Gasteiger partial charge on any atom is 0.225 e. The molecule has 4 heterocycles. The summed E-state index contributed by atoms with van der Waals surface area (Å²) in [6, 6.07) is 7.39. The number of hydrogen-bond donors (Lipinski definition) is 0. The zero-order chi connectivity index (χ0) is 17.8. The molecule has 0 spiro atoms. The van der Waals surface area contributed by atoms with E-state index in [0.717, 1.165) is 43.4 Å². The van der Waals surface area contributed by atoms with Crippen LogP contribution in [0.25, 0.3) is 0 Å². The Morgan fingerprint density at radius 3 is 2.58 bits per heavy atom. The van der Waals surface area contributed by atoms with E-state index in [1.54, 1.807) is 24.8 Å². The van der Waals surface area contributed by atoms with Gasteiger partial charge >= 0.3 is 0 Å². The van der Waals surface area contributed by atoms with E-state index in [1.807, 2.05) is 31.2 Å². The number of nitrogens with zero attached hydrogens (tertiary/aromatic N) is 6. The highest BCUT2D eigenvalue weighted by Crippen LogP contribution is 2.29. The van der Waals surface area contributed by atoms with Gasteiger partial charge in [-0.1, -0.05) is 0 Å². The minimum absolute atomic E-state index is 0.311. The van der Waals surface area contributed by atoms with Crippen molar-refractivity contribution in [3.8, 4) is 11.6 Å². The number of anilines is 1. The van der Waals surface area contributed by atoms with Gasteiger partial charge in [0, 0.05) is 49.4 Å². The van der Waals surface area contributed by atoms with Crippen molar-refractivity contribution in [2.24, 2.45) is 0 Å². The average molecular weight is 348 g/mol. The normalized spacial score (nSPS) is 15.0.